The van der Waals surface area contributed by atoms with Crippen molar-refractivity contribution in [2.75, 3.05) is 0 Å². The van der Waals surface area contributed by atoms with Gasteiger partial charge in [-0.25, -0.2) is 0 Å². The molecule has 0 bridgehead atoms. The van der Waals surface area contributed by atoms with Crippen LogP contribution < -0.4 is 5.73 Å². The Balaban J connectivity index is 1.98. The molecule has 1 nitrogen and oxygen atoms in total. The lowest BCUT2D eigenvalue weighted by molar-refractivity contribution is 0.435. The molecule has 2 rings (SSSR count). The Morgan fingerprint density at radius 2 is 2.31 bits per heavy atom. The van der Waals surface area contributed by atoms with E-state index in [1.54, 1.807) is 11.3 Å². The summed E-state index contributed by atoms with van der Waals surface area (Å²) in [5, 5.41) is 0. The van der Waals surface area contributed by atoms with Gasteiger partial charge in [-0.3, -0.25) is 0 Å². The van der Waals surface area contributed by atoms with Crippen LogP contribution in [-0.4, -0.2) is 6.04 Å². The molecule has 1 fully saturated rings. The molecule has 0 aromatic carbocycles. The first kappa shape index (κ1) is 9.50. The summed E-state index contributed by atoms with van der Waals surface area (Å²) in [6.45, 7) is 2.27. The van der Waals surface area contributed by atoms with Gasteiger partial charge in [-0.1, -0.05) is 18.5 Å². The molecule has 0 spiro atoms. The largest absolute Gasteiger partial charge is 0.327 e. The highest BCUT2D eigenvalue weighted by Crippen LogP contribution is 2.48. The Morgan fingerprint density at radius 3 is 2.77 bits per heavy atom. The van der Waals surface area contributed by atoms with Crippen LogP contribution in [0.4, 0.5) is 0 Å². The van der Waals surface area contributed by atoms with E-state index in [4.69, 9.17) is 17.3 Å². The molecule has 1 aromatic heterocycles. The zero-order chi connectivity index (χ0) is 9.47. The van der Waals surface area contributed by atoms with Gasteiger partial charge in [0.2, 0.25) is 0 Å². The van der Waals surface area contributed by atoms with Gasteiger partial charge in [-0.05, 0) is 36.8 Å². The van der Waals surface area contributed by atoms with Gasteiger partial charge in [0.05, 0.1) is 4.34 Å². The summed E-state index contributed by atoms with van der Waals surface area (Å²) in [5.74, 6) is 0. The Hall–Kier alpha value is -0.0500. The van der Waals surface area contributed by atoms with Crippen LogP contribution in [0.3, 0.4) is 0 Å². The summed E-state index contributed by atoms with van der Waals surface area (Å²) in [5.41, 5.74) is 6.53. The van der Waals surface area contributed by atoms with Crippen molar-refractivity contribution in [2.24, 2.45) is 11.1 Å². The van der Waals surface area contributed by atoms with Crippen LogP contribution in [0, 0.1) is 5.41 Å². The van der Waals surface area contributed by atoms with Crippen LogP contribution >= 0.6 is 22.9 Å². The van der Waals surface area contributed by atoms with Crippen LogP contribution in [0.15, 0.2) is 12.1 Å². The number of hydrogen-bond donors (Lipinski definition) is 1. The van der Waals surface area contributed by atoms with Crippen LogP contribution in [0.2, 0.25) is 4.34 Å². The molecule has 1 aromatic rings. The molecular formula is C10H14ClNS. The maximum Gasteiger partial charge on any atom is 0.0931 e. The fourth-order valence-electron chi connectivity index (χ4n) is 1.49. The van der Waals surface area contributed by atoms with E-state index in [-0.39, 0.29) is 0 Å². The predicted molar refractivity (Wildman–Crippen MR) is 58.3 cm³/mol. The van der Waals surface area contributed by atoms with Crippen molar-refractivity contribution in [1.82, 2.24) is 0 Å². The quantitative estimate of drug-likeness (QED) is 0.824. The van der Waals surface area contributed by atoms with Crippen LogP contribution in [0.1, 0.15) is 24.6 Å². The van der Waals surface area contributed by atoms with Gasteiger partial charge in [-0.2, -0.15) is 0 Å². The normalized spacial score (nSPS) is 21.5. The summed E-state index contributed by atoms with van der Waals surface area (Å²) < 4.78 is 0.864. The van der Waals surface area contributed by atoms with E-state index in [1.807, 2.05) is 6.07 Å². The lowest BCUT2D eigenvalue weighted by Crippen LogP contribution is -2.31. The standard InChI is InChI=1S/C10H14ClNS/c1-10(4-5-10)8(12)6-7-2-3-9(11)13-7/h2-3,8H,4-6,12H2,1H3. The second kappa shape index (κ2) is 3.26. The van der Waals surface area contributed by atoms with Gasteiger partial charge >= 0.3 is 0 Å². The zero-order valence-electron chi connectivity index (χ0n) is 7.72. The number of halogens is 1. The maximum absolute atomic E-state index is 6.12. The van der Waals surface area contributed by atoms with E-state index >= 15 is 0 Å². The summed E-state index contributed by atoms with van der Waals surface area (Å²) >= 11 is 7.50. The van der Waals surface area contributed by atoms with E-state index < -0.39 is 0 Å². The third-order valence-corrected chi connectivity index (χ3v) is 4.24. The minimum Gasteiger partial charge on any atom is -0.327 e. The van der Waals surface area contributed by atoms with E-state index in [1.165, 1.54) is 17.7 Å². The van der Waals surface area contributed by atoms with Crippen molar-refractivity contribution in [3.63, 3.8) is 0 Å². The Kier molecular flexibility index (Phi) is 2.39. The summed E-state index contributed by atoms with van der Waals surface area (Å²) in [4.78, 5) is 1.31. The van der Waals surface area contributed by atoms with E-state index in [2.05, 4.69) is 13.0 Å². The highest BCUT2D eigenvalue weighted by atomic mass is 35.5. The molecule has 0 aliphatic heterocycles. The van der Waals surface area contributed by atoms with E-state index in [9.17, 15) is 0 Å². The number of rotatable bonds is 3. The number of thiophene rings is 1. The van der Waals surface area contributed by atoms with E-state index in [0.717, 1.165) is 10.8 Å². The topological polar surface area (TPSA) is 26.0 Å². The molecule has 1 aliphatic rings. The molecule has 0 saturated heterocycles. The lowest BCUT2D eigenvalue weighted by atomic mass is 9.96. The average Bonchev–Trinajstić information content (AvgIpc) is 2.69. The summed E-state index contributed by atoms with van der Waals surface area (Å²) in [6, 6.07) is 4.34. The first-order valence-corrected chi connectivity index (χ1v) is 5.79. The first-order chi connectivity index (χ1) is 6.10. The Bertz CT molecular complexity index is 304. The average molecular weight is 216 g/mol. The smallest absolute Gasteiger partial charge is 0.0931 e. The van der Waals surface area contributed by atoms with Crippen molar-refractivity contribution in [2.45, 2.75) is 32.2 Å². The van der Waals surface area contributed by atoms with Crippen molar-refractivity contribution in [3.8, 4) is 0 Å². The van der Waals surface area contributed by atoms with Gasteiger partial charge in [0.25, 0.3) is 0 Å². The van der Waals surface area contributed by atoms with Gasteiger partial charge in [0, 0.05) is 10.9 Å². The number of hydrogen-bond acceptors (Lipinski definition) is 2. The second-order valence-electron chi connectivity index (χ2n) is 4.17. The molecule has 1 heterocycles. The monoisotopic (exact) mass is 215 g/mol. The minimum absolute atomic E-state index is 0.308. The third-order valence-electron chi connectivity index (χ3n) is 2.98. The molecular weight excluding hydrogens is 202 g/mol. The van der Waals surface area contributed by atoms with E-state index in [0.29, 0.717) is 11.5 Å². The molecule has 1 aliphatic carbocycles. The van der Waals surface area contributed by atoms with Crippen molar-refractivity contribution in [1.29, 1.82) is 0 Å². The predicted octanol–water partition coefficient (Wildman–Crippen LogP) is 3.07. The highest BCUT2D eigenvalue weighted by Gasteiger charge is 2.42. The summed E-state index contributed by atoms with van der Waals surface area (Å²) in [7, 11) is 0. The molecule has 13 heavy (non-hydrogen) atoms. The molecule has 72 valence electrons. The van der Waals surface area contributed by atoms with Crippen molar-refractivity contribution in [3.05, 3.63) is 21.3 Å². The van der Waals surface area contributed by atoms with Crippen LogP contribution in [0.5, 0.6) is 0 Å². The van der Waals surface area contributed by atoms with Gasteiger partial charge in [0.1, 0.15) is 0 Å². The Morgan fingerprint density at radius 1 is 1.62 bits per heavy atom. The second-order valence-corrected chi connectivity index (χ2v) is 5.97. The fourth-order valence-corrected chi connectivity index (χ4v) is 2.64. The Labute approximate surface area is 87.9 Å². The fraction of sp³-hybridized carbons (Fsp3) is 0.600. The van der Waals surface area contributed by atoms with Gasteiger partial charge < -0.3 is 5.73 Å². The number of nitrogens with two attached hydrogens (primary N) is 1. The van der Waals surface area contributed by atoms with Crippen molar-refractivity contribution >= 4 is 22.9 Å². The van der Waals surface area contributed by atoms with Gasteiger partial charge in [-0.15, -0.1) is 11.3 Å². The molecule has 0 radical (unpaired) electrons. The molecule has 3 heteroatoms. The lowest BCUT2D eigenvalue weighted by Gasteiger charge is -2.17. The SMILES string of the molecule is CC1(C(N)Cc2ccc(Cl)s2)CC1. The first-order valence-electron chi connectivity index (χ1n) is 4.60. The summed E-state index contributed by atoms with van der Waals surface area (Å²) in [6.07, 6.45) is 3.55. The molecule has 1 unspecified atom stereocenters. The molecule has 1 atom stereocenters. The van der Waals surface area contributed by atoms with Crippen LogP contribution in [-0.2, 0) is 6.42 Å². The van der Waals surface area contributed by atoms with Crippen LogP contribution in [0.25, 0.3) is 0 Å². The molecule has 1 saturated carbocycles. The zero-order valence-corrected chi connectivity index (χ0v) is 9.29. The maximum atomic E-state index is 6.12. The molecule has 2 N–H and O–H groups in total. The highest BCUT2D eigenvalue weighted by molar-refractivity contribution is 7.16. The van der Waals surface area contributed by atoms with Gasteiger partial charge in [0.15, 0.2) is 0 Å². The van der Waals surface area contributed by atoms with Crippen molar-refractivity contribution < 1.29 is 0 Å². The minimum atomic E-state index is 0.308. The third kappa shape index (κ3) is 2.06. The molecule has 0 amide bonds.